The molecular weight excluding hydrogens is 354 g/mol. The van der Waals surface area contributed by atoms with Crippen molar-refractivity contribution in [2.24, 2.45) is 10.9 Å². The first-order chi connectivity index (χ1) is 13.1. The summed E-state index contributed by atoms with van der Waals surface area (Å²) in [5, 5.41) is 0.974. The molecule has 1 aromatic rings. The number of allylic oxidation sites excluding steroid dienone is 4. The van der Waals surface area contributed by atoms with E-state index in [2.05, 4.69) is 46.3 Å². The lowest BCUT2D eigenvalue weighted by atomic mass is 10.1. The van der Waals surface area contributed by atoms with E-state index in [1.807, 2.05) is 13.0 Å². The molecule has 1 aromatic heterocycles. The van der Waals surface area contributed by atoms with Crippen LogP contribution in [0.25, 0.3) is 5.57 Å². The molecule has 0 bridgehead atoms. The summed E-state index contributed by atoms with van der Waals surface area (Å²) in [6.45, 7) is 7.01. The van der Waals surface area contributed by atoms with Crippen molar-refractivity contribution < 1.29 is 4.79 Å². The van der Waals surface area contributed by atoms with Crippen molar-refractivity contribution >= 4 is 34.0 Å². The lowest BCUT2D eigenvalue weighted by Gasteiger charge is -2.15. The molecule has 0 aliphatic heterocycles. The van der Waals surface area contributed by atoms with Gasteiger partial charge in [-0.25, -0.2) is 9.88 Å². The van der Waals surface area contributed by atoms with E-state index in [0.29, 0.717) is 10.0 Å². The Kier molecular flexibility index (Phi) is 8.64. The molecule has 0 aromatic carbocycles. The first-order valence-corrected chi connectivity index (χ1v) is 8.52. The Labute approximate surface area is 164 Å². The Balaban J connectivity index is 3.43. The van der Waals surface area contributed by atoms with E-state index in [1.54, 1.807) is 31.5 Å². The zero-order valence-electron chi connectivity index (χ0n) is 15.1. The molecule has 0 saturated carbocycles. The Morgan fingerprint density at radius 3 is 2.59 bits per heavy atom. The van der Waals surface area contributed by atoms with Gasteiger partial charge in [0, 0.05) is 24.0 Å². The third-order valence-electron chi connectivity index (χ3n) is 3.05. The normalized spacial score (nSPS) is 10.7. The number of hydrogen-bond donors (Lipinski definition) is 0. The second-order valence-electron chi connectivity index (χ2n) is 4.72. The topological polar surface area (TPSA) is 45.6 Å². The van der Waals surface area contributed by atoms with Crippen molar-refractivity contribution in [1.29, 1.82) is 0 Å². The van der Waals surface area contributed by atoms with Crippen LogP contribution >= 0.6 is 11.3 Å². The number of carbonyl (C=O) groups is 1. The molecule has 0 aliphatic carbocycles. The van der Waals surface area contributed by atoms with Gasteiger partial charge < -0.3 is 0 Å². The van der Waals surface area contributed by atoms with Crippen LogP contribution < -0.4 is 4.90 Å². The van der Waals surface area contributed by atoms with Gasteiger partial charge in [0.2, 0.25) is 0 Å². The molecular formula is C22H17N3OS. The highest BCUT2D eigenvalue weighted by molar-refractivity contribution is 7.17. The van der Waals surface area contributed by atoms with Crippen molar-refractivity contribution in [3.8, 4) is 49.0 Å². The minimum absolute atomic E-state index is 0.272. The van der Waals surface area contributed by atoms with Crippen molar-refractivity contribution in [2.45, 2.75) is 13.8 Å². The molecule has 0 N–H and O–H groups in total. The fourth-order valence-electron chi connectivity index (χ4n) is 1.81. The van der Waals surface area contributed by atoms with Crippen LogP contribution in [0.15, 0.2) is 36.0 Å². The lowest BCUT2D eigenvalue weighted by Crippen LogP contribution is -2.31. The summed E-state index contributed by atoms with van der Waals surface area (Å²) >= 11 is 1.20. The maximum Gasteiger partial charge on any atom is 0.266 e. The monoisotopic (exact) mass is 371 g/mol. The second kappa shape index (κ2) is 11.0. The lowest BCUT2D eigenvalue weighted by molar-refractivity contribution is -0.118. The number of aromatic nitrogens is 1. The van der Waals surface area contributed by atoms with Crippen LogP contribution in [0.4, 0.5) is 5.00 Å². The molecule has 0 aliphatic rings. The van der Waals surface area contributed by atoms with Crippen molar-refractivity contribution in [3.63, 3.8) is 0 Å². The van der Waals surface area contributed by atoms with Gasteiger partial charge >= 0.3 is 0 Å². The summed E-state index contributed by atoms with van der Waals surface area (Å²) in [5.74, 6) is 8.11. The van der Waals surface area contributed by atoms with Crippen LogP contribution in [-0.4, -0.2) is 17.1 Å². The average Bonchev–Trinajstić information content (AvgIpc) is 3.10. The third-order valence-corrected chi connectivity index (χ3v) is 4.14. The Hall–Kier alpha value is -3.77. The number of aliphatic imine (C=N–C) groups is 1. The van der Waals surface area contributed by atoms with E-state index in [9.17, 15) is 4.79 Å². The second-order valence-corrected chi connectivity index (χ2v) is 5.70. The Bertz CT molecular complexity index is 978. The number of rotatable bonds is 6. The van der Waals surface area contributed by atoms with Crippen LogP contribution in [-0.2, 0) is 4.79 Å². The fraction of sp³-hybridized carbons (Fsp3) is 0.136. The minimum atomic E-state index is -1.05. The number of terminal acetylenes is 3. The van der Waals surface area contributed by atoms with Crippen LogP contribution in [0.2, 0.25) is 0 Å². The quantitative estimate of drug-likeness (QED) is 0.333. The van der Waals surface area contributed by atoms with Crippen LogP contribution in [0.1, 0.15) is 24.5 Å². The van der Waals surface area contributed by atoms with Crippen LogP contribution in [0.5, 0.6) is 0 Å². The van der Waals surface area contributed by atoms with Gasteiger partial charge in [0.25, 0.3) is 5.91 Å². The summed E-state index contributed by atoms with van der Waals surface area (Å²) in [7, 11) is 0. The largest absolute Gasteiger partial charge is 0.271 e. The van der Waals surface area contributed by atoms with Crippen LogP contribution in [0.3, 0.4) is 0 Å². The molecule has 0 radical (unpaired) electrons. The van der Waals surface area contributed by atoms with Gasteiger partial charge in [0.15, 0.2) is 5.92 Å². The Morgan fingerprint density at radius 2 is 2.07 bits per heavy atom. The molecule has 4 nitrogen and oxygen atoms in total. The van der Waals surface area contributed by atoms with Crippen molar-refractivity contribution in [1.82, 2.24) is 4.98 Å². The molecule has 1 amide bonds. The van der Waals surface area contributed by atoms with Gasteiger partial charge in [-0.05, 0) is 25.8 Å². The molecule has 27 heavy (non-hydrogen) atoms. The van der Waals surface area contributed by atoms with E-state index in [4.69, 9.17) is 19.3 Å². The molecule has 132 valence electrons. The molecule has 1 rings (SSSR count). The SMILES string of the molecule is C#Cc1nc(C(/C=N\C=C\C=C)=C/C)sc1N(C#CC)C(=O)C(C#C)C#C. The molecule has 0 atom stereocenters. The number of carbonyl (C=O) groups excluding carboxylic acids is 1. The predicted molar refractivity (Wildman–Crippen MR) is 114 cm³/mol. The minimum Gasteiger partial charge on any atom is -0.271 e. The van der Waals surface area contributed by atoms with Gasteiger partial charge in [-0.2, -0.15) is 0 Å². The van der Waals surface area contributed by atoms with Gasteiger partial charge in [-0.1, -0.05) is 47.8 Å². The summed E-state index contributed by atoms with van der Waals surface area (Å²) in [6.07, 6.45) is 24.6. The van der Waals surface area contributed by atoms with Crippen LogP contribution in [0, 0.1) is 54.9 Å². The van der Waals surface area contributed by atoms with Gasteiger partial charge in [-0.15, -0.1) is 19.3 Å². The third kappa shape index (κ3) is 5.35. The average molecular weight is 371 g/mol. The predicted octanol–water partition coefficient (Wildman–Crippen LogP) is 3.49. The van der Waals surface area contributed by atoms with E-state index in [1.165, 1.54) is 16.2 Å². The zero-order chi connectivity index (χ0) is 20.2. The number of amides is 1. The Morgan fingerprint density at radius 1 is 1.37 bits per heavy atom. The summed E-state index contributed by atoms with van der Waals surface area (Å²) < 4.78 is 0. The van der Waals surface area contributed by atoms with E-state index < -0.39 is 11.8 Å². The van der Waals surface area contributed by atoms with Crippen molar-refractivity contribution in [3.05, 3.63) is 41.7 Å². The fourth-order valence-corrected chi connectivity index (χ4v) is 2.84. The highest BCUT2D eigenvalue weighted by Gasteiger charge is 2.26. The van der Waals surface area contributed by atoms with E-state index >= 15 is 0 Å². The highest BCUT2D eigenvalue weighted by Crippen LogP contribution is 2.32. The number of thiazole rings is 1. The smallest absolute Gasteiger partial charge is 0.266 e. The maximum atomic E-state index is 12.6. The van der Waals surface area contributed by atoms with Gasteiger partial charge in [-0.3, -0.25) is 9.79 Å². The first kappa shape index (κ1) is 21.3. The van der Waals surface area contributed by atoms with Gasteiger partial charge in [0.1, 0.15) is 15.7 Å². The molecule has 5 heteroatoms. The summed E-state index contributed by atoms with van der Waals surface area (Å²) in [5.41, 5.74) is 1.01. The molecule has 1 heterocycles. The van der Waals surface area contributed by atoms with Gasteiger partial charge in [0.05, 0.1) is 0 Å². The molecule has 0 saturated heterocycles. The number of anilines is 1. The molecule has 0 fully saturated rings. The first-order valence-electron chi connectivity index (χ1n) is 7.71. The maximum absolute atomic E-state index is 12.6. The summed E-state index contributed by atoms with van der Waals surface area (Å²) in [4.78, 5) is 22.4. The number of hydrogen-bond acceptors (Lipinski definition) is 4. The zero-order valence-corrected chi connectivity index (χ0v) is 15.9. The molecule has 0 spiro atoms. The standard InChI is InChI=1S/C22H17N3OS/c1-7-13-14-23-16-18(11-5)20-24-19(12-6)22(27-20)25(15-8-2)21(26)17(9-3)10-4/h3-4,6-7,11,13-14,16-17H,1H2,2,5H3/b14-13+,18-11+,23-16-. The van der Waals surface area contributed by atoms with E-state index in [0.717, 1.165) is 5.57 Å². The highest BCUT2D eigenvalue weighted by atomic mass is 32.1. The number of nitrogens with zero attached hydrogens (tertiary/aromatic N) is 3. The van der Waals surface area contributed by atoms with E-state index in [-0.39, 0.29) is 5.69 Å². The van der Waals surface area contributed by atoms with Crippen molar-refractivity contribution in [2.75, 3.05) is 4.90 Å². The summed E-state index contributed by atoms with van der Waals surface area (Å²) in [6, 6.07) is 2.69. The molecule has 0 unspecified atom stereocenters.